The predicted octanol–water partition coefficient (Wildman–Crippen LogP) is 3.10. The lowest BCUT2D eigenvalue weighted by Gasteiger charge is -2.18. The maximum absolute atomic E-state index is 12.7. The Morgan fingerprint density at radius 2 is 1.89 bits per heavy atom. The molecule has 1 heterocycles. The summed E-state index contributed by atoms with van der Waals surface area (Å²) in [5.74, 6) is 0.360. The summed E-state index contributed by atoms with van der Waals surface area (Å²) < 4.78 is 6.69. The summed E-state index contributed by atoms with van der Waals surface area (Å²) in [6, 6.07) is 17.9. The molecular formula is C22H23N3O3. The van der Waals surface area contributed by atoms with E-state index >= 15 is 0 Å². The highest BCUT2D eigenvalue weighted by molar-refractivity contribution is 5.92. The molecular weight excluding hydrogens is 354 g/mol. The van der Waals surface area contributed by atoms with Gasteiger partial charge in [-0.1, -0.05) is 48.0 Å². The van der Waals surface area contributed by atoms with E-state index in [1.807, 2.05) is 62.4 Å². The van der Waals surface area contributed by atoms with E-state index < -0.39 is 0 Å². The van der Waals surface area contributed by atoms with Crippen molar-refractivity contribution in [3.8, 4) is 5.75 Å². The lowest BCUT2D eigenvalue weighted by atomic mass is 10.0. The molecule has 0 radical (unpaired) electrons. The van der Waals surface area contributed by atoms with Gasteiger partial charge in [-0.2, -0.15) is 5.10 Å². The number of nitrogens with zero attached hydrogens (tertiary/aromatic N) is 2. The lowest BCUT2D eigenvalue weighted by Crippen LogP contribution is -2.31. The number of methoxy groups -OCH3 is 1. The first-order chi connectivity index (χ1) is 13.5. The predicted molar refractivity (Wildman–Crippen MR) is 108 cm³/mol. The summed E-state index contributed by atoms with van der Waals surface area (Å²) >= 11 is 0. The van der Waals surface area contributed by atoms with Crippen molar-refractivity contribution in [2.24, 2.45) is 0 Å². The van der Waals surface area contributed by atoms with Gasteiger partial charge in [0.1, 0.15) is 11.4 Å². The molecule has 3 aromatic rings. The van der Waals surface area contributed by atoms with Gasteiger partial charge in [0.05, 0.1) is 19.7 Å². The second-order valence-electron chi connectivity index (χ2n) is 6.64. The van der Waals surface area contributed by atoms with Crippen molar-refractivity contribution >= 4 is 5.91 Å². The van der Waals surface area contributed by atoms with Crippen LogP contribution < -0.4 is 15.6 Å². The third kappa shape index (κ3) is 4.46. The number of carbonyl (C=O) groups is 1. The minimum absolute atomic E-state index is 0.189. The maximum atomic E-state index is 12.7. The first-order valence-corrected chi connectivity index (χ1v) is 9.05. The highest BCUT2D eigenvalue weighted by Gasteiger charge is 2.17. The quantitative estimate of drug-likeness (QED) is 0.716. The summed E-state index contributed by atoms with van der Waals surface area (Å²) in [4.78, 5) is 24.8. The van der Waals surface area contributed by atoms with Gasteiger partial charge in [-0.05, 0) is 31.5 Å². The molecule has 0 spiro atoms. The Labute approximate surface area is 163 Å². The molecule has 0 saturated carbocycles. The van der Waals surface area contributed by atoms with Gasteiger partial charge in [0.25, 0.3) is 11.5 Å². The van der Waals surface area contributed by atoms with Crippen molar-refractivity contribution in [3.63, 3.8) is 0 Å². The van der Waals surface area contributed by atoms with Gasteiger partial charge in [0.2, 0.25) is 0 Å². The normalized spacial score (nSPS) is 11.7. The summed E-state index contributed by atoms with van der Waals surface area (Å²) in [7, 11) is 1.60. The second kappa shape index (κ2) is 8.52. The average molecular weight is 377 g/mol. The minimum Gasteiger partial charge on any atom is -0.496 e. The Kier molecular flexibility index (Phi) is 5.89. The third-order valence-electron chi connectivity index (χ3n) is 4.47. The zero-order chi connectivity index (χ0) is 20.1. The number of nitrogens with one attached hydrogen (secondary N) is 1. The van der Waals surface area contributed by atoms with Crippen LogP contribution in [0.2, 0.25) is 0 Å². The number of carbonyl (C=O) groups excluding carboxylic acids is 1. The van der Waals surface area contributed by atoms with Crippen LogP contribution in [0.1, 0.15) is 40.1 Å². The van der Waals surface area contributed by atoms with Crippen molar-refractivity contribution in [1.82, 2.24) is 15.1 Å². The highest BCUT2D eigenvalue weighted by atomic mass is 16.5. The average Bonchev–Trinajstić information content (AvgIpc) is 2.70. The van der Waals surface area contributed by atoms with Gasteiger partial charge < -0.3 is 10.1 Å². The molecule has 3 rings (SSSR count). The fraction of sp³-hybridized carbons (Fsp3) is 0.227. The fourth-order valence-corrected chi connectivity index (χ4v) is 2.98. The van der Waals surface area contributed by atoms with E-state index in [1.54, 1.807) is 7.11 Å². The molecule has 6 nitrogen and oxygen atoms in total. The molecule has 0 aliphatic rings. The zero-order valence-electron chi connectivity index (χ0n) is 16.2. The van der Waals surface area contributed by atoms with Crippen LogP contribution in [0.4, 0.5) is 0 Å². The molecule has 1 atom stereocenters. The first-order valence-electron chi connectivity index (χ1n) is 9.05. The monoisotopic (exact) mass is 377 g/mol. The summed E-state index contributed by atoms with van der Waals surface area (Å²) in [6.45, 7) is 4.18. The van der Waals surface area contributed by atoms with Crippen LogP contribution in [0.3, 0.4) is 0 Å². The van der Waals surface area contributed by atoms with E-state index in [-0.39, 0.29) is 23.2 Å². The van der Waals surface area contributed by atoms with E-state index in [4.69, 9.17) is 4.74 Å². The Balaban J connectivity index is 1.80. The molecule has 1 amide bonds. The van der Waals surface area contributed by atoms with Gasteiger partial charge in [0.15, 0.2) is 0 Å². The molecule has 6 heteroatoms. The molecule has 0 fully saturated rings. The van der Waals surface area contributed by atoms with E-state index in [0.29, 0.717) is 12.3 Å². The number of benzene rings is 2. The largest absolute Gasteiger partial charge is 0.496 e. The van der Waals surface area contributed by atoms with Gasteiger partial charge in [-0.3, -0.25) is 9.59 Å². The molecule has 0 unspecified atom stereocenters. The molecule has 28 heavy (non-hydrogen) atoms. The van der Waals surface area contributed by atoms with Crippen LogP contribution in [0.15, 0.2) is 65.5 Å². The topological polar surface area (TPSA) is 73.2 Å². The number of hydrogen-bond donors (Lipinski definition) is 1. The van der Waals surface area contributed by atoms with Gasteiger partial charge in [-0.25, -0.2) is 4.68 Å². The van der Waals surface area contributed by atoms with Crippen LogP contribution in [0.25, 0.3) is 0 Å². The molecule has 0 saturated heterocycles. The summed E-state index contributed by atoms with van der Waals surface area (Å²) in [5, 5.41) is 7.16. The Bertz CT molecular complexity index is 1030. The fourth-order valence-electron chi connectivity index (χ4n) is 2.98. The van der Waals surface area contributed by atoms with E-state index in [9.17, 15) is 9.59 Å². The molecule has 144 valence electrons. The van der Waals surface area contributed by atoms with E-state index in [2.05, 4.69) is 10.4 Å². The Morgan fingerprint density at radius 1 is 1.14 bits per heavy atom. The Morgan fingerprint density at radius 3 is 2.61 bits per heavy atom. The molecule has 1 aromatic heterocycles. The first kappa shape index (κ1) is 19.4. The van der Waals surface area contributed by atoms with Crippen molar-refractivity contribution in [2.45, 2.75) is 26.4 Å². The molecule has 0 bridgehead atoms. The van der Waals surface area contributed by atoms with Crippen molar-refractivity contribution in [1.29, 1.82) is 0 Å². The lowest BCUT2D eigenvalue weighted by molar-refractivity contribution is 0.0932. The van der Waals surface area contributed by atoms with Crippen LogP contribution >= 0.6 is 0 Å². The number of aryl methyl sites for hydroxylation is 1. The third-order valence-corrected chi connectivity index (χ3v) is 4.47. The van der Waals surface area contributed by atoms with Gasteiger partial charge in [0, 0.05) is 11.6 Å². The van der Waals surface area contributed by atoms with Crippen molar-refractivity contribution in [2.75, 3.05) is 7.11 Å². The van der Waals surface area contributed by atoms with Crippen LogP contribution in [0.5, 0.6) is 5.75 Å². The van der Waals surface area contributed by atoms with Crippen molar-refractivity contribution < 1.29 is 9.53 Å². The van der Waals surface area contributed by atoms with E-state index in [0.717, 1.165) is 16.7 Å². The highest BCUT2D eigenvalue weighted by Crippen LogP contribution is 2.26. The number of hydrogen-bond acceptors (Lipinski definition) is 4. The van der Waals surface area contributed by atoms with Gasteiger partial charge >= 0.3 is 0 Å². The number of aromatic nitrogens is 2. The van der Waals surface area contributed by atoms with Crippen LogP contribution in [-0.4, -0.2) is 22.8 Å². The minimum atomic E-state index is -0.349. The molecule has 0 aliphatic heterocycles. The molecule has 2 aromatic carbocycles. The second-order valence-corrected chi connectivity index (χ2v) is 6.64. The number of rotatable bonds is 6. The number of ether oxygens (including phenoxy) is 1. The van der Waals surface area contributed by atoms with E-state index in [1.165, 1.54) is 16.8 Å². The SMILES string of the molecule is COc1ccc(C)cc1[C@@H](C)NC(=O)c1ccc(=O)n(Cc2ccccc2)n1. The summed E-state index contributed by atoms with van der Waals surface area (Å²) in [5.41, 5.74) is 2.83. The zero-order valence-corrected chi connectivity index (χ0v) is 16.2. The summed E-state index contributed by atoms with van der Waals surface area (Å²) in [6.07, 6.45) is 0. The van der Waals surface area contributed by atoms with Crippen LogP contribution in [-0.2, 0) is 6.54 Å². The smallest absolute Gasteiger partial charge is 0.272 e. The standard InChI is InChI=1S/C22H23N3O3/c1-15-9-11-20(28-3)18(13-15)16(2)23-22(27)19-10-12-21(26)25(24-19)14-17-7-5-4-6-8-17/h4-13,16H,14H2,1-3H3,(H,23,27)/t16-/m1/s1. The van der Waals surface area contributed by atoms with Crippen LogP contribution in [0, 0.1) is 6.92 Å². The van der Waals surface area contributed by atoms with Crippen molar-refractivity contribution in [3.05, 3.63) is 93.4 Å². The Hall–Kier alpha value is -3.41. The molecule has 0 aliphatic carbocycles. The van der Waals surface area contributed by atoms with Gasteiger partial charge in [-0.15, -0.1) is 0 Å². The number of amides is 1. The maximum Gasteiger partial charge on any atom is 0.272 e. The molecule has 1 N–H and O–H groups in total.